The van der Waals surface area contributed by atoms with E-state index in [0.29, 0.717) is 13.1 Å². The van der Waals surface area contributed by atoms with Gasteiger partial charge in [-0.15, -0.1) is 11.3 Å². The molecular formula is C14H16ClN3OS. The van der Waals surface area contributed by atoms with E-state index in [1.54, 1.807) is 0 Å². The molecule has 4 nitrogen and oxygen atoms in total. The Morgan fingerprint density at radius 3 is 2.40 bits per heavy atom. The molecule has 0 saturated carbocycles. The van der Waals surface area contributed by atoms with Crippen LogP contribution in [0.25, 0.3) is 0 Å². The normalized spacial score (nSPS) is 10.9. The molecule has 6 heteroatoms. The first-order chi connectivity index (χ1) is 9.52. The van der Waals surface area contributed by atoms with Crippen molar-refractivity contribution in [2.24, 2.45) is 5.73 Å². The summed E-state index contributed by atoms with van der Waals surface area (Å²) in [4.78, 5) is 14.3. The van der Waals surface area contributed by atoms with E-state index in [1.165, 1.54) is 11.3 Å². The quantitative estimate of drug-likeness (QED) is 0.805. The predicted octanol–water partition coefficient (Wildman–Crippen LogP) is 2.47. The molecule has 0 bridgehead atoms. The number of nitrogens with two attached hydrogens (primary N) is 2. The van der Waals surface area contributed by atoms with E-state index in [2.05, 4.69) is 0 Å². The van der Waals surface area contributed by atoms with Crippen molar-refractivity contribution in [3.63, 3.8) is 0 Å². The van der Waals surface area contributed by atoms with Crippen LogP contribution in [0, 0.1) is 0 Å². The average molecular weight is 310 g/mol. The molecule has 1 aromatic carbocycles. The van der Waals surface area contributed by atoms with Crippen LogP contribution in [0.4, 0.5) is 5.69 Å². The summed E-state index contributed by atoms with van der Waals surface area (Å²) in [6.07, 6.45) is 0. The third-order valence-electron chi connectivity index (χ3n) is 2.77. The van der Waals surface area contributed by atoms with E-state index < -0.39 is 0 Å². The highest BCUT2D eigenvalue weighted by Gasteiger charge is 2.11. The Bertz CT molecular complexity index is 582. The third-order valence-corrected chi connectivity index (χ3v) is 3.99. The van der Waals surface area contributed by atoms with E-state index in [-0.39, 0.29) is 12.5 Å². The highest BCUT2D eigenvalue weighted by molar-refractivity contribution is 7.16. The van der Waals surface area contributed by atoms with Crippen molar-refractivity contribution in [2.45, 2.75) is 13.1 Å². The zero-order valence-electron chi connectivity index (χ0n) is 10.9. The molecule has 2 rings (SSSR count). The zero-order valence-corrected chi connectivity index (χ0v) is 12.5. The number of carbonyl (C=O) groups is 1. The summed E-state index contributed by atoms with van der Waals surface area (Å²) in [5.74, 6) is -0.344. The molecule has 4 N–H and O–H groups in total. The van der Waals surface area contributed by atoms with Gasteiger partial charge in [-0.1, -0.05) is 23.7 Å². The molecule has 0 atom stereocenters. The fraction of sp³-hybridized carbons (Fsp3) is 0.214. The van der Waals surface area contributed by atoms with Crippen molar-refractivity contribution in [3.8, 4) is 0 Å². The van der Waals surface area contributed by atoms with Gasteiger partial charge in [0.15, 0.2) is 0 Å². The number of benzene rings is 1. The monoisotopic (exact) mass is 309 g/mol. The van der Waals surface area contributed by atoms with Crippen molar-refractivity contribution in [3.05, 3.63) is 51.2 Å². The maximum atomic E-state index is 11.2. The maximum Gasteiger partial charge on any atom is 0.231 e. The fourth-order valence-electron chi connectivity index (χ4n) is 1.93. The summed E-state index contributed by atoms with van der Waals surface area (Å²) in [6, 6.07) is 11.4. The van der Waals surface area contributed by atoms with Crippen molar-refractivity contribution in [1.29, 1.82) is 0 Å². The van der Waals surface area contributed by atoms with Gasteiger partial charge in [0.1, 0.15) is 0 Å². The maximum absolute atomic E-state index is 11.2. The molecule has 0 radical (unpaired) electrons. The molecule has 106 valence electrons. The largest absolute Gasteiger partial charge is 0.399 e. The van der Waals surface area contributed by atoms with E-state index in [0.717, 1.165) is 20.5 Å². The molecular weight excluding hydrogens is 294 g/mol. The van der Waals surface area contributed by atoms with Crippen LogP contribution < -0.4 is 11.5 Å². The van der Waals surface area contributed by atoms with Crippen LogP contribution in [0.3, 0.4) is 0 Å². The second-order valence-electron chi connectivity index (χ2n) is 4.56. The summed E-state index contributed by atoms with van der Waals surface area (Å²) in [5.41, 5.74) is 12.8. The Labute approximate surface area is 126 Å². The van der Waals surface area contributed by atoms with Crippen LogP contribution in [0.15, 0.2) is 36.4 Å². The summed E-state index contributed by atoms with van der Waals surface area (Å²) in [6.45, 7) is 1.49. The van der Waals surface area contributed by atoms with Crippen LogP contribution in [0.1, 0.15) is 10.4 Å². The summed E-state index contributed by atoms with van der Waals surface area (Å²) in [5, 5.41) is 0. The predicted molar refractivity (Wildman–Crippen MR) is 83.5 cm³/mol. The molecule has 1 aromatic heterocycles. The first-order valence-electron chi connectivity index (χ1n) is 6.12. The summed E-state index contributed by atoms with van der Waals surface area (Å²) in [7, 11) is 0. The lowest BCUT2D eigenvalue weighted by molar-refractivity contribution is -0.119. The lowest BCUT2D eigenvalue weighted by atomic mass is 10.2. The van der Waals surface area contributed by atoms with Gasteiger partial charge in [-0.05, 0) is 29.8 Å². The van der Waals surface area contributed by atoms with Gasteiger partial charge in [-0.3, -0.25) is 9.69 Å². The van der Waals surface area contributed by atoms with Crippen LogP contribution in [-0.2, 0) is 17.9 Å². The standard InChI is InChI=1S/C14H16ClN3OS/c15-13-6-5-12(20-13)8-18(9-14(17)19)7-10-1-3-11(16)4-2-10/h1-6H,7-9,16H2,(H2,17,19). The smallest absolute Gasteiger partial charge is 0.231 e. The number of amides is 1. The Morgan fingerprint density at radius 2 is 1.85 bits per heavy atom. The first-order valence-corrected chi connectivity index (χ1v) is 7.31. The number of rotatable bonds is 6. The first kappa shape index (κ1) is 14.8. The topological polar surface area (TPSA) is 72.4 Å². The minimum atomic E-state index is -0.344. The minimum Gasteiger partial charge on any atom is -0.399 e. The highest BCUT2D eigenvalue weighted by atomic mass is 35.5. The lowest BCUT2D eigenvalue weighted by Gasteiger charge is -2.20. The van der Waals surface area contributed by atoms with Gasteiger partial charge in [0.05, 0.1) is 10.9 Å². The number of hydrogen-bond donors (Lipinski definition) is 2. The Balaban J connectivity index is 2.06. The summed E-state index contributed by atoms with van der Waals surface area (Å²) >= 11 is 7.43. The molecule has 2 aromatic rings. The van der Waals surface area contributed by atoms with Gasteiger partial charge in [0.25, 0.3) is 0 Å². The van der Waals surface area contributed by atoms with E-state index in [1.807, 2.05) is 41.3 Å². The van der Waals surface area contributed by atoms with Gasteiger partial charge in [-0.2, -0.15) is 0 Å². The molecule has 0 fully saturated rings. The molecule has 0 spiro atoms. The molecule has 1 heterocycles. The van der Waals surface area contributed by atoms with Crippen LogP contribution in [0.5, 0.6) is 0 Å². The van der Waals surface area contributed by atoms with Crippen LogP contribution in [0.2, 0.25) is 4.34 Å². The zero-order chi connectivity index (χ0) is 14.5. The molecule has 0 aliphatic heterocycles. The number of thiophene rings is 1. The fourth-order valence-corrected chi connectivity index (χ4v) is 3.06. The van der Waals surface area contributed by atoms with Crippen LogP contribution in [-0.4, -0.2) is 17.4 Å². The van der Waals surface area contributed by atoms with Gasteiger partial charge in [-0.25, -0.2) is 0 Å². The molecule has 0 unspecified atom stereocenters. The van der Waals surface area contributed by atoms with Crippen LogP contribution >= 0.6 is 22.9 Å². The third kappa shape index (κ3) is 4.52. The molecule has 20 heavy (non-hydrogen) atoms. The van der Waals surface area contributed by atoms with Crippen molar-refractivity contribution in [2.75, 3.05) is 12.3 Å². The number of halogens is 1. The second kappa shape index (κ2) is 6.74. The second-order valence-corrected chi connectivity index (χ2v) is 6.36. The summed E-state index contributed by atoms with van der Waals surface area (Å²) < 4.78 is 0.742. The molecule has 1 amide bonds. The molecule has 0 aliphatic carbocycles. The van der Waals surface area contributed by atoms with Crippen molar-refractivity contribution in [1.82, 2.24) is 4.90 Å². The number of primary amides is 1. The van der Waals surface area contributed by atoms with Crippen molar-refractivity contribution < 1.29 is 4.79 Å². The number of hydrogen-bond acceptors (Lipinski definition) is 4. The molecule has 0 aliphatic rings. The SMILES string of the molecule is NC(=O)CN(Cc1ccc(N)cc1)Cc1ccc(Cl)s1. The Kier molecular flexibility index (Phi) is 5.00. The Morgan fingerprint density at radius 1 is 1.15 bits per heavy atom. The van der Waals surface area contributed by atoms with Gasteiger partial charge >= 0.3 is 0 Å². The van der Waals surface area contributed by atoms with E-state index in [4.69, 9.17) is 23.1 Å². The van der Waals surface area contributed by atoms with E-state index >= 15 is 0 Å². The average Bonchev–Trinajstić information content (AvgIpc) is 2.77. The van der Waals surface area contributed by atoms with Gasteiger partial charge in [0.2, 0.25) is 5.91 Å². The highest BCUT2D eigenvalue weighted by Crippen LogP contribution is 2.23. The number of nitrogen functional groups attached to an aromatic ring is 1. The number of nitrogens with zero attached hydrogens (tertiary/aromatic N) is 1. The number of anilines is 1. The van der Waals surface area contributed by atoms with Gasteiger partial charge < -0.3 is 11.5 Å². The molecule has 0 saturated heterocycles. The van der Waals surface area contributed by atoms with Gasteiger partial charge in [0, 0.05) is 23.7 Å². The van der Waals surface area contributed by atoms with Crippen molar-refractivity contribution >= 4 is 34.5 Å². The van der Waals surface area contributed by atoms with E-state index in [9.17, 15) is 4.79 Å². The Hall–Kier alpha value is -1.56. The minimum absolute atomic E-state index is 0.208. The number of carbonyl (C=O) groups excluding carboxylic acids is 1. The lowest BCUT2D eigenvalue weighted by Crippen LogP contribution is -2.32.